The first-order chi connectivity index (χ1) is 8.83. The summed E-state index contributed by atoms with van der Waals surface area (Å²) in [5.74, 6) is 0.867. The van der Waals surface area contributed by atoms with Crippen LogP contribution in [0.3, 0.4) is 0 Å². The van der Waals surface area contributed by atoms with Crippen LogP contribution in [0.15, 0.2) is 29.4 Å². The topological polar surface area (TPSA) is 42.9 Å². The molecule has 0 amide bonds. The highest BCUT2D eigenvalue weighted by Crippen LogP contribution is 2.35. The van der Waals surface area contributed by atoms with Gasteiger partial charge in [0.05, 0.1) is 12.8 Å². The van der Waals surface area contributed by atoms with Gasteiger partial charge in [-0.15, -0.1) is 0 Å². The summed E-state index contributed by atoms with van der Waals surface area (Å²) < 4.78 is 5.38. The molecule has 1 saturated heterocycles. The van der Waals surface area contributed by atoms with Crippen LogP contribution < -0.4 is 10.1 Å². The third-order valence-corrected chi connectivity index (χ3v) is 3.77. The molecule has 1 N–H and O–H groups in total. The molecular formula is C14H18N2O2. The number of hydrogen-bond acceptors (Lipinski definition) is 4. The molecule has 2 aliphatic heterocycles. The van der Waals surface area contributed by atoms with E-state index in [1.807, 2.05) is 24.3 Å². The predicted molar refractivity (Wildman–Crippen MR) is 70.1 cm³/mol. The third-order valence-electron chi connectivity index (χ3n) is 3.77. The lowest BCUT2D eigenvalue weighted by Gasteiger charge is -2.30. The van der Waals surface area contributed by atoms with Crippen molar-refractivity contribution in [1.82, 2.24) is 5.32 Å². The smallest absolute Gasteiger partial charge is 0.145 e. The molecule has 1 aromatic rings. The summed E-state index contributed by atoms with van der Waals surface area (Å²) >= 11 is 0. The summed E-state index contributed by atoms with van der Waals surface area (Å²) in [6.45, 7) is 2.02. The Morgan fingerprint density at radius 3 is 2.83 bits per heavy atom. The molecule has 0 atom stereocenters. The normalized spacial score (nSPS) is 21.5. The first-order valence-electron chi connectivity index (χ1n) is 6.42. The second-order valence-electron chi connectivity index (χ2n) is 4.94. The standard InChI is InChI=1S/C14H18N2O2/c1-17-13-5-3-2-4-11(13)12-10-14(18-16-12)6-8-15-9-7-14/h2-5,15H,6-10H2,1H3. The zero-order valence-electron chi connectivity index (χ0n) is 10.6. The van der Waals surface area contributed by atoms with Gasteiger partial charge in [0.15, 0.2) is 0 Å². The zero-order valence-corrected chi connectivity index (χ0v) is 10.6. The number of hydrogen-bond donors (Lipinski definition) is 1. The maximum Gasteiger partial charge on any atom is 0.145 e. The molecular weight excluding hydrogens is 228 g/mol. The van der Waals surface area contributed by atoms with Crippen LogP contribution in [0.5, 0.6) is 5.75 Å². The van der Waals surface area contributed by atoms with Crippen molar-refractivity contribution >= 4 is 5.71 Å². The van der Waals surface area contributed by atoms with Gasteiger partial charge >= 0.3 is 0 Å². The van der Waals surface area contributed by atoms with Gasteiger partial charge in [0.1, 0.15) is 11.4 Å². The van der Waals surface area contributed by atoms with E-state index in [0.717, 1.165) is 49.4 Å². The van der Waals surface area contributed by atoms with E-state index < -0.39 is 0 Å². The summed E-state index contributed by atoms with van der Waals surface area (Å²) in [7, 11) is 1.69. The molecule has 2 heterocycles. The fourth-order valence-electron chi connectivity index (χ4n) is 2.70. The highest BCUT2D eigenvalue weighted by molar-refractivity contribution is 6.03. The molecule has 4 heteroatoms. The molecule has 0 aliphatic carbocycles. The van der Waals surface area contributed by atoms with Crippen LogP contribution in [0.2, 0.25) is 0 Å². The maximum absolute atomic E-state index is 5.74. The molecule has 1 fully saturated rings. The Kier molecular flexibility index (Phi) is 2.96. The minimum absolute atomic E-state index is 0.0819. The van der Waals surface area contributed by atoms with E-state index >= 15 is 0 Å². The highest BCUT2D eigenvalue weighted by Gasteiger charge is 2.40. The molecule has 0 unspecified atom stereocenters. The van der Waals surface area contributed by atoms with Crippen LogP contribution in [-0.4, -0.2) is 31.5 Å². The Morgan fingerprint density at radius 2 is 2.06 bits per heavy atom. The Bertz CT molecular complexity index is 465. The van der Waals surface area contributed by atoms with Crippen molar-refractivity contribution in [2.45, 2.75) is 24.9 Å². The number of benzene rings is 1. The summed E-state index contributed by atoms with van der Waals surface area (Å²) in [5, 5.41) is 7.66. The molecule has 1 spiro atoms. The van der Waals surface area contributed by atoms with Crippen LogP contribution in [0, 0.1) is 0 Å². The number of rotatable bonds is 2. The van der Waals surface area contributed by atoms with Gasteiger partial charge < -0.3 is 14.9 Å². The largest absolute Gasteiger partial charge is 0.496 e. The molecule has 18 heavy (non-hydrogen) atoms. The van der Waals surface area contributed by atoms with E-state index in [9.17, 15) is 0 Å². The number of oxime groups is 1. The number of ether oxygens (including phenoxy) is 1. The Labute approximate surface area is 107 Å². The Morgan fingerprint density at radius 1 is 1.28 bits per heavy atom. The van der Waals surface area contributed by atoms with E-state index in [-0.39, 0.29) is 5.60 Å². The van der Waals surface area contributed by atoms with Crippen LogP contribution in [-0.2, 0) is 4.84 Å². The number of piperidine rings is 1. The van der Waals surface area contributed by atoms with Crippen molar-refractivity contribution in [3.8, 4) is 5.75 Å². The van der Waals surface area contributed by atoms with Crippen molar-refractivity contribution in [3.05, 3.63) is 29.8 Å². The lowest BCUT2D eigenvalue weighted by atomic mass is 9.86. The monoisotopic (exact) mass is 246 g/mol. The molecule has 3 rings (SSSR count). The van der Waals surface area contributed by atoms with Crippen LogP contribution in [0.25, 0.3) is 0 Å². The highest BCUT2D eigenvalue weighted by atomic mass is 16.7. The molecule has 0 bridgehead atoms. The Hall–Kier alpha value is -1.55. The fourth-order valence-corrected chi connectivity index (χ4v) is 2.70. The van der Waals surface area contributed by atoms with Crippen molar-refractivity contribution in [2.24, 2.45) is 5.16 Å². The number of para-hydroxylation sites is 1. The average Bonchev–Trinajstić information content (AvgIpc) is 2.83. The number of nitrogens with one attached hydrogen (secondary N) is 1. The zero-order chi connectivity index (χ0) is 12.4. The molecule has 0 saturated carbocycles. The van der Waals surface area contributed by atoms with Gasteiger partial charge in [-0.05, 0) is 25.2 Å². The second-order valence-corrected chi connectivity index (χ2v) is 4.94. The van der Waals surface area contributed by atoms with Crippen molar-refractivity contribution in [1.29, 1.82) is 0 Å². The molecule has 0 radical (unpaired) electrons. The molecule has 2 aliphatic rings. The van der Waals surface area contributed by atoms with Gasteiger partial charge in [-0.25, -0.2) is 0 Å². The molecule has 1 aromatic carbocycles. The fraction of sp³-hybridized carbons (Fsp3) is 0.500. The quantitative estimate of drug-likeness (QED) is 0.867. The summed E-state index contributed by atoms with van der Waals surface area (Å²) in [4.78, 5) is 5.74. The number of methoxy groups -OCH3 is 1. The molecule has 0 aromatic heterocycles. The Balaban J connectivity index is 1.82. The first-order valence-corrected chi connectivity index (χ1v) is 6.42. The minimum atomic E-state index is -0.0819. The van der Waals surface area contributed by atoms with Gasteiger partial charge in [-0.3, -0.25) is 0 Å². The second kappa shape index (κ2) is 4.61. The summed E-state index contributed by atoms with van der Waals surface area (Å²) in [5.41, 5.74) is 1.98. The van der Waals surface area contributed by atoms with Gasteiger partial charge in [-0.2, -0.15) is 0 Å². The lowest BCUT2D eigenvalue weighted by molar-refractivity contribution is -0.0400. The molecule has 4 nitrogen and oxygen atoms in total. The summed E-state index contributed by atoms with van der Waals surface area (Å²) in [6.07, 6.45) is 2.93. The van der Waals surface area contributed by atoms with E-state index in [4.69, 9.17) is 9.57 Å². The molecule has 96 valence electrons. The van der Waals surface area contributed by atoms with Gasteiger partial charge in [-0.1, -0.05) is 17.3 Å². The van der Waals surface area contributed by atoms with Gasteiger partial charge in [0.25, 0.3) is 0 Å². The van der Waals surface area contributed by atoms with E-state index in [1.165, 1.54) is 0 Å². The van der Waals surface area contributed by atoms with Crippen LogP contribution in [0.4, 0.5) is 0 Å². The van der Waals surface area contributed by atoms with Crippen molar-refractivity contribution < 1.29 is 9.57 Å². The summed E-state index contributed by atoms with van der Waals surface area (Å²) in [6, 6.07) is 7.99. The van der Waals surface area contributed by atoms with E-state index in [0.29, 0.717) is 0 Å². The average molecular weight is 246 g/mol. The third kappa shape index (κ3) is 1.97. The predicted octanol–water partition coefficient (Wildman–Crippen LogP) is 1.94. The minimum Gasteiger partial charge on any atom is -0.496 e. The van der Waals surface area contributed by atoms with Gasteiger partial charge in [0.2, 0.25) is 0 Å². The van der Waals surface area contributed by atoms with Crippen molar-refractivity contribution in [2.75, 3.05) is 20.2 Å². The van der Waals surface area contributed by atoms with Crippen LogP contribution in [0.1, 0.15) is 24.8 Å². The lowest BCUT2D eigenvalue weighted by Crippen LogP contribution is -2.42. The van der Waals surface area contributed by atoms with Crippen molar-refractivity contribution in [3.63, 3.8) is 0 Å². The van der Waals surface area contributed by atoms with Crippen LogP contribution >= 0.6 is 0 Å². The van der Waals surface area contributed by atoms with Gasteiger partial charge in [0, 0.05) is 24.8 Å². The maximum atomic E-state index is 5.74. The first kappa shape index (κ1) is 11.5. The SMILES string of the molecule is COc1ccccc1C1=NOC2(CCNCC2)C1. The van der Waals surface area contributed by atoms with E-state index in [1.54, 1.807) is 7.11 Å². The number of nitrogens with zero attached hydrogens (tertiary/aromatic N) is 1. The van der Waals surface area contributed by atoms with E-state index in [2.05, 4.69) is 10.5 Å².